The first-order chi connectivity index (χ1) is 4.77. The van der Waals surface area contributed by atoms with Crippen LogP contribution in [0.25, 0.3) is 0 Å². The first-order valence-corrected chi connectivity index (χ1v) is 3.93. The van der Waals surface area contributed by atoms with Crippen LogP contribution < -0.4 is 5.32 Å². The third-order valence-electron chi connectivity index (χ3n) is 2.55. The van der Waals surface area contributed by atoms with Gasteiger partial charge >= 0.3 is 0 Å². The second-order valence-corrected chi connectivity index (χ2v) is 3.38. The molecule has 2 nitrogen and oxygen atoms in total. The molecule has 2 atom stereocenters. The molecule has 1 N–H and O–H groups in total. The largest absolute Gasteiger partial charge is 0.370 e. The van der Waals surface area contributed by atoms with E-state index in [4.69, 9.17) is 0 Å². The maximum absolute atomic E-state index is 3.95. The summed E-state index contributed by atoms with van der Waals surface area (Å²) < 4.78 is 0. The maximum Gasteiger partial charge on any atom is 0.0427 e. The fraction of sp³-hybridized carbons (Fsp3) is 0.750. The summed E-state index contributed by atoms with van der Waals surface area (Å²) >= 11 is 0. The van der Waals surface area contributed by atoms with Crippen molar-refractivity contribution in [2.75, 3.05) is 13.1 Å². The highest BCUT2D eigenvalue weighted by Crippen LogP contribution is 2.25. The van der Waals surface area contributed by atoms with E-state index in [9.17, 15) is 0 Å². The normalized spacial score (nSPS) is 37.1. The average molecular weight is 138 g/mol. The quantitative estimate of drug-likeness (QED) is 0.569. The van der Waals surface area contributed by atoms with Crippen LogP contribution in [0.5, 0.6) is 0 Å². The smallest absolute Gasteiger partial charge is 0.0427 e. The molecule has 56 valence electrons. The molecular formula is C8H14N2. The average Bonchev–Trinajstić information content (AvgIpc) is 2.44. The third-order valence-corrected chi connectivity index (χ3v) is 2.55. The molecule has 2 aliphatic heterocycles. The zero-order chi connectivity index (χ0) is 7.14. The van der Waals surface area contributed by atoms with E-state index >= 15 is 0 Å². The van der Waals surface area contributed by atoms with Gasteiger partial charge in [0.15, 0.2) is 0 Å². The molecule has 2 unspecified atom stereocenters. The Bertz CT molecular complexity index is 165. The van der Waals surface area contributed by atoms with E-state index in [2.05, 4.69) is 23.7 Å². The lowest BCUT2D eigenvalue weighted by atomic mass is 10.2. The summed E-state index contributed by atoms with van der Waals surface area (Å²) in [7, 11) is 0. The molecule has 0 spiro atoms. The number of hydrogen-bond acceptors (Lipinski definition) is 2. The van der Waals surface area contributed by atoms with Gasteiger partial charge in [0.25, 0.3) is 0 Å². The zero-order valence-corrected chi connectivity index (χ0v) is 6.43. The monoisotopic (exact) mass is 138 g/mol. The number of nitrogens with one attached hydrogen (secondary N) is 1. The van der Waals surface area contributed by atoms with Crippen LogP contribution >= 0.6 is 0 Å². The van der Waals surface area contributed by atoms with Crippen molar-refractivity contribution in [2.45, 2.75) is 25.4 Å². The van der Waals surface area contributed by atoms with Crippen molar-refractivity contribution in [3.05, 3.63) is 12.3 Å². The van der Waals surface area contributed by atoms with Gasteiger partial charge in [0.1, 0.15) is 0 Å². The number of likely N-dealkylation sites (tertiary alicyclic amines) is 1. The minimum Gasteiger partial charge on any atom is -0.370 e. The molecule has 2 saturated heterocycles. The maximum atomic E-state index is 3.95. The predicted octanol–water partition coefficient (Wildman–Crippen LogP) is 0.566. The van der Waals surface area contributed by atoms with Crippen LogP contribution in [-0.4, -0.2) is 30.1 Å². The molecular weight excluding hydrogens is 124 g/mol. The summed E-state index contributed by atoms with van der Waals surface area (Å²) in [4.78, 5) is 2.42. The van der Waals surface area contributed by atoms with E-state index in [1.54, 1.807) is 0 Å². The predicted molar refractivity (Wildman–Crippen MR) is 41.7 cm³/mol. The Morgan fingerprint density at radius 3 is 2.80 bits per heavy atom. The van der Waals surface area contributed by atoms with E-state index in [0.717, 1.165) is 18.6 Å². The lowest BCUT2D eigenvalue weighted by molar-refractivity contribution is 0.286. The number of rotatable bonds is 1. The highest BCUT2D eigenvalue weighted by atomic mass is 15.3. The van der Waals surface area contributed by atoms with Gasteiger partial charge < -0.3 is 10.2 Å². The Labute approximate surface area is 61.9 Å². The summed E-state index contributed by atoms with van der Waals surface area (Å²) in [6, 6.07) is 1.50. The topological polar surface area (TPSA) is 15.3 Å². The fourth-order valence-electron chi connectivity index (χ4n) is 2.03. The molecule has 0 aromatic rings. The van der Waals surface area contributed by atoms with Crippen LogP contribution in [0.2, 0.25) is 0 Å². The molecule has 0 amide bonds. The van der Waals surface area contributed by atoms with Gasteiger partial charge in [-0.3, -0.25) is 0 Å². The van der Waals surface area contributed by atoms with E-state index in [1.165, 1.54) is 18.7 Å². The lowest BCUT2D eigenvalue weighted by Gasteiger charge is -2.29. The second kappa shape index (κ2) is 1.99. The molecule has 2 bridgehead atoms. The van der Waals surface area contributed by atoms with Crippen molar-refractivity contribution in [3.63, 3.8) is 0 Å². The molecule has 2 fully saturated rings. The number of hydrogen-bond donors (Lipinski definition) is 1. The Balaban J connectivity index is 2.08. The van der Waals surface area contributed by atoms with E-state index < -0.39 is 0 Å². The van der Waals surface area contributed by atoms with Gasteiger partial charge in [-0.25, -0.2) is 0 Å². The highest BCUT2D eigenvalue weighted by Gasteiger charge is 2.36. The van der Waals surface area contributed by atoms with Gasteiger partial charge in [0, 0.05) is 30.9 Å². The van der Waals surface area contributed by atoms with Gasteiger partial charge in [-0.15, -0.1) is 0 Å². The Morgan fingerprint density at radius 2 is 2.50 bits per heavy atom. The van der Waals surface area contributed by atoms with Crippen LogP contribution in [-0.2, 0) is 0 Å². The molecule has 0 aromatic heterocycles. The Hall–Kier alpha value is -0.500. The van der Waals surface area contributed by atoms with E-state index in [0.29, 0.717) is 0 Å². The lowest BCUT2D eigenvalue weighted by Crippen LogP contribution is -2.42. The molecule has 2 heteroatoms. The molecule has 0 aromatic carbocycles. The van der Waals surface area contributed by atoms with Gasteiger partial charge in [-0.2, -0.15) is 0 Å². The molecule has 10 heavy (non-hydrogen) atoms. The van der Waals surface area contributed by atoms with Gasteiger partial charge in [0.05, 0.1) is 0 Å². The molecule has 2 rings (SSSR count). The minimum atomic E-state index is 0.752. The van der Waals surface area contributed by atoms with Crippen LogP contribution in [0.4, 0.5) is 0 Å². The number of piperazine rings is 1. The van der Waals surface area contributed by atoms with Crippen LogP contribution in [0.15, 0.2) is 12.3 Å². The SMILES string of the molecule is C=C(C)N1CC2CC1CN2. The highest BCUT2D eigenvalue weighted by molar-refractivity contribution is 5.05. The van der Waals surface area contributed by atoms with Crippen molar-refractivity contribution in [2.24, 2.45) is 0 Å². The molecule has 0 aliphatic carbocycles. The summed E-state index contributed by atoms with van der Waals surface area (Å²) in [5.74, 6) is 0. The summed E-state index contributed by atoms with van der Waals surface area (Å²) in [6.07, 6.45) is 1.33. The minimum absolute atomic E-state index is 0.752. The summed E-state index contributed by atoms with van der Waals surface area (Å²) in [5.41, 5.74) is 1.23. The number of fused-ring (bicyclic) bond motifs is 2. The first kappa shape index (κ1) is 6.23. The third kappa shape index (κ3) is 0.754. The second-order valence-electron chi connectivity index (χ2n) is 3.38. The molecule has 0 radical (unpaired) electrons. The molecule has 2 aliphatic rings. The Morgan fingerprint density at radius 1 is 1.70 bits per heavy atom. The fourth-order valence-corrected chi connectivity index (χ4v) is 2.03. The Kier molecular flexibility index (Phi) is 1.24. The van der Waals surface area contributed by atoms with Crippen molar-refractivity contribution in [3.8, 4) is 0 Å². The first-order valence-electron chi connectivity index (χ1n) is 3.93. The number of nitrogens with zero attached hydrogens (tertiary/aromatic N) is 1. The standard InChI is InChI=1S/C8H14N2/c1-6(2)10-5-7-3-8(10)4-9-7/h7-9H,1,3-5H2,2H3. The van der Waals surface area contributed by atoms with Crippen LogP contribution in [0.3, 0.4) is 0 Å². The van der Waals surface area contributed by atoms with Crippen molar-refractivity contribution >= 4 is 0 Å². The van der Waals surface area contributed by atoms with Crippen molar-refractivity contribution < 1.29 is 0 Å². The summed E-state index contributed by atoms with van der Waals surface area (Å²) in [6.45, 7) is 8.40. The van der Waals surface area contributed by atoms with Gasteiger partial charge in [0.2, 0.25) is 0 Å². The van der Waals surface area contributed by atoms with E-state index in [-0.39, 0.29) is 0 Å². The van der Waals surface area contributed by atoms with Crippen molar-refractivity contribution in [1.82, 2.24) is 10.2 Å². The van der Waals surface area contributed by atoms with Crippen LogP contribution in [0, 0.1) is 0 Å². The van der Waals surface area contributed by atoms with Gasteiger partial charge in [-0.1, -0.05) is 6.58 Å². The van der Waals surface area contributed by atoms with Crippen molar-refractivity contribution in [1.29, 1.82) is 0 Å². The van der Waals surface area contributed by atoms with Gasteiger partial charge in [-0.05, 0) is 13.3 Å². The van der Waals surface area contributed by atoms with Crippen LogP contribution in [0.1, 0.15) is 13.3 Å². The summed E-state index contributed by atoms with van der Waals surface area (Å²) in [5, 5.41) is 3.46. The zero-order valence-electron chi connectivity index (χ0n) is 6.43. The van der Waals surface area contributed by atoms with E-state index in [1.807, 2.05) is 0 Å². The molecule has 2 heterocycles. The molecule has 0 saturated carbocycles. The number of allylic oxidation sites excluding steroid dienone is 1.